The lowest BCUT2D eigenvalue weighted by Crippen LogP contribution is -2.02. The Morgan fingerprint density at radius 3 is 2.33 bits per heavy atom. The lowest BCUT2D eigenvalue weighted by atomic mass is 11.6. The molecule has 0 rings (SSSR count). The second-order valence-corrected chi connectivity index (χ2v) is 7.95. The van der Waals surface area contributed by atoms with Crippen LogP contribution in [0.15, 0.2) is 0 Å². The molecule has 0 saturated carbocycles. The Morgan fingerprint density at radius 1 is 1.78 bits per heavy atom. The molecule has 0 aliphatic heterocycles. The normalized spacial score (nSPS) is 17.9. The van der Waals surface area contributed by atoms with E-state index in [4.69, 9.17) is 16.3 Å². The van der Waals surface area contributed by atoms with Gasteiger partial charge in [0.15, 0.2) is 0 Å². The summed E-state index contributed by atoms with van der Waals surface area (Å²) in [5.41, 5.74) is 0. The van der Waals surface area contributed by atoms with Gasteiger partial charge in [-0.3, -0.25) is 0 Å². The van der Waals surface area contributed by atoms with Crippen LogP contribution in [0.2, 0.25) is 0 Å². The first-order chi connectivity index (χ1) is 4.04. The fraction of sp³-hybridized carbons (Fsp3) is 1.00. The molecule has 1 unspecified atom stereocenters. The number of hydrogen-bond donors (Lipinski definition) is 0. The average molecular weight is 250 g/mol. The molecule has 0 aromatic heterocycles. The second-order valence-electron chi connectivity index (χ2n) is 1.52. The van der Waals surface area contributed by atoms with Crippen molar-refractivity contribution in [1.82, 2.24) is 4.08 Å². The van der Waals surface area contributed by atoms with Crippen LogP contribution in [0.4, 0.5) is 0 Å². The lowest BCUT2D eigenvalue weighted by Gasteiger charge is -2.22. The smallest absolute Gasteiger partial charge is 0.138 e. The average Bonchev–Trinajstić information content (AvgIpc) is 1.86. The van der Waals surface area contributed by atoms with Gasteiger partial charge in [0, 0.05) is 46.0 Å². The maximum atomic E-state index is 5.13. The van der Waals surface area contributed by atoms with Gasteiger partial charge in [-0.2, -0.15) is 4.08 Å². The van der Waals surface area contributed by atoms with Crippen LogP contribution in [0.25, 0.3) is 0 Å². The van der Waals surface area contributed by atoms with E-state index >= 15 is 0 Å². The number of halogens is 1. The number of rotatable bonds is 3. The van der Waals surface area contributed by atoms with Gasteiger partial charge in [0.05, 0.1) is 0 Å². The van der Waals surface area contributed by atoms with Gasteiger partial charge >= 0.3 is 0 Å². The molecule has 6 heteroatoms. The molecule has 0 N–H and O–H groups in total. The largest absolute Gasteiger partial charge is 0.341 e. The monoisotopic (exact) mass is 249 g/mol. The van der Waals surface area contributed by atoms with Crippen molar-refractivity contribution in [1.29, 1.82) is 0 Å². The third-order valence-corrected chi connectivity index (χ3v) is 7.50. The summed E-state index contributed by atoms with van der Waals surface area (Å²) in [5, 5.41) is 0. The molecule has 0 amide bonds. The minimum Gasteiger partial charge on any atom is -0.341 e. The highest BCUT2D eigenvalue weighted by molar-refractivity contribution is 9.50. The molecule has 0 heterocycles. The quantitative estimate of drug-likeness (QED) is 0.563. The lowest BCUT2D eigenvalue weighted by molar-refractivity contribution is 0.442. The molecule has 0 aromatic rings. The minimum absolute atomic E-state index is 1.42. The number of hydrogen-bond acceptors (Lipinski definition) is 3. The molecule has 0 aliphatic carbocycles. The molecule has 0 aliphatic rings. The van der Waals surface area contributed by atoms with Gasteiger partial charge in [-0.05, 0) is 11.8 Å². The molecule has 0 aromatic carbocycles. The summed E-state index contributed by atoms with van der Waals surface area (Å²) < 4.78 is 7.00. The summed E-state index contributed by atoms with van der Waals surface area (Å²) in [6.07, 6.45) is -1.68. The number of nitrogens with zero attached hydrogens (tertiary/aromatic N) is 1. The Morgan fingerprint density at radius 2 is 2.22 bits per heavy atom. The highest BCUT2D eigenvalue weighted by Gasteiger charge is 2.14. The van der Waals surface area contributed by atoms with E-state index in [2.05, 4.69) is 14.8 Å². The predicted octanol–water partition coefficient (Wildman–Crippen LogP) is 2.46. The van der Waals surface area contributed by atoms with Crippen LogP contribution in [0.5, 0.6) is 0 Å². The van der Waals surface area contributed by atoms with Gasteiger partial charge in [-0.1, -0.05) is 0 Å². The third kappa shape index (κ3) is 3.35. The van der Waals surface area contributed by atoms with Gasteiger partial charge in [-0.25, -0.2) is 0 Å². The Balaban J connectivity index is 3.98. The van der Waals surface area contributed by atoms with Gasteiger partial charge in [-0.15, -0.1) is 0 Å². The van der Waals surface area contributed by atoms with E-state index in [0.717, 1.165) is 0 Å². The minimum atomic E-state index is -1.68. The first-order valence-corrected chi connectivity index (χ1v) is 7.94. The molecule has 0 saturated heterocycles. The van der Waals surface area contributed by atoms with Crippen molar-refractivity contribution in [3.8, 4) is 0 Å². The summed E-state index contributed by atoms with van der Waals surface area (Å²) in [5.74, 6) is 0. The highest BCUT2D eigenvalue weighted by Crippen LogP contribution is 2.50. The molecular weight excluding hydrogens is 241 g/mol. The Labute approximate surface area is 72.8 Å². The van der Waals surface area contributed by atoms with E-state index in [0.29, 0.717) is 0 Å². The SMILES string of the molecule is COP(C)(=S)N(C)SBr. The molecule has 9 heavy (non-hydrogen) atoms. The Kier molecular flexibility index (Phi) is 4.98. The standard InChI is InChI=1S/C3H9BrNOPS2/c1-5(9-4)7(3,8)6-2/h1-3H3. The molecule has 0 fully saturated rings. The van der Waals surface area contributed by atoms with Crippen molar-refractivity contribution in [3.63, 3.8) is 0 Å². The van der Waals surface area contributed by atoms with Crippen LogP contribution in [-0.4, -0.2) is 24.9 Å². The van der Waals surface area contributed by atoms with Crippen molar-refractivity contribution >= 4 is 43.4 Å². The Bertz CT molecular complexity index is 133. The van der Waals surface area contributed by atoms with Crippen molar-refractivity contribution in [3.05, 3.63) is 0 Å². The van der Waals surface area contributed by atoms with Crippen molar-refractivity contribution < 1.29 is 4.52 Å². The van der Waals surface area contributed by atoms with Gasteiger partial charge in [0.2, 0.25) is 0 Å². The molecule has 2 nitrogen and oxygen atoms in total. The van der Waals surface area contributed by atoms with Gasteiger partial charge in [0.1, 0.15) is 6.42 Å². The maximum Gasteiger partial charge on any atom is 0.138 e. The predicted molar refractivity (Wildman–Crippen MR) is 51.5 cm³/mol. The van der Waals surface area contributed by atoms with E-state index in [1.807, 2.05) is 17.8 Å². The van der Waals surface area contributed by atoms with E-state index < -0.39 is 6.42 Å². The van der Waals surface area contributed by atoms with Crippen molar-refractivity contribution in [2.45, 2.75) is 0 Å². The zero-order valence-corrected chi connectivity index (χ0v) is 9.61. The van der Waals surface area contributed by atoms with Crippen LogP contribution in [0, 0.1) is 0 Å². The highest BCUT2D eigenvalue weighted by atomic mass is 79.9. The fourth-order valence-electron chi connectivity index (χ4n) is 0.171. The van der Waals surface area contributed by atoms with Crippen LogP contribution in [0.1, 0.15) is 0 Å². The summed E-state index contributed by atoms with van der Waals surface area (Å²) in [6, 6.07) is 0. The van der Waals surface area contributed by atoms with E-state index in [9.17, 15) is 0 Å². The van der Waals surface area contributed by atoms with Gasteiger partial charge in [0.25, 0.3) is 0 Å². The topological polar surface area (TPSA) is 12.5 Å². The summed E-state index contributed by atoms with van der Waals surface area (Å²) in [7, 11) is 4.97. The molecule has 0 bridgehead atoms. The molecule has 1 atom stereocenters. The zero-order valence-electron chi connectivity index (χ0n) is 5.50. The second kappa shape index (κ2) is 4.31. The van der Waals surface area contributed by atoms with Crippen LogP contribution < -0.4 is 0 Å². The van der Waals surface area contributed by atoms with E-state index in [1.54, 1.807) is 7.11 Å². The van der Waals surface area contributed by atoms with Crippen LogP contribution in [-0.2, 0) is 16.3 Å². The summed E-state index contributed by atoms with van der Waals surface area (Å²) in [6.45, 7) is 1.93. The van der Waals surface area contributed by atoms with E-state index in [-0.39, 0.29) is 0 Å². The first kappa shape index (κ1) is 10.4. The van der Waals surface area contributed by atoms with Crippen LogP contribution >= 0.6 is 31.6 Å². The first-order valence-electron chi connectivity index (χ1n) is 2.20. The maximum absolute atomic E-state index is 5.13. The van der Waals surface area contributed by atoms with E-state index in [1.165, 1.54) is 10.4 Å². The Hall–Kier alpha value is 1.40. The fourth-order valence-corrected chi connectivity index (χ4v) is 4.34. The van der Waals surface area contributed by atoms with Crippen molar-refractivity contribution in [2.75, 3.05) is 20.8 Å². The zero-order chi connectivity index (χ0) is 7.49. The van der Waals surface area contributed by atoms with Crippen molar-refractivity contribution in [2.24, 2.45) is 0 Å². The summed E-state index contributed by atoms with van der Waals surface area (Å²) in [4.78, 5) is 0. The molecule has 56 valence electrons. The molecule has 0 spiro atoms. The summed E-state index contributed by atoms with van der Waals surface area (Å²) >= 11 is 8.35. The van der Waals surface area contributed by atoms with Crippen LogP contribution in [0.3, 0.4) is 0 Å². The molecule has 0 radical (unpaired) electrons. The molecular formula is C3H9BrNOPS2. The van der Waals surface area contributed by atoms with Gasteiger partial charge < -0.3 is 4.52 Å². The third-order valence-electron chi connectivity index (χ3n) is 0.950.